The van der Waals surface area contributed by atoms with E-state index in [1.165, 1.54) is 28.2 Å². The predicted molar refractivity (Wildman–Crippen MR) is 139 cm³/mol. The van der Waals surface area contributed by atoms with E-state index in [1.54, 1.807) is 4.90 Å². The summed E-state index contributed by atoms with van der Waals surface area (Å²) in [5, 5.41) is 13.1. The fourth-order valence-corrected chi connectivity index (χ4v) is 6.26. The summed E-state index contributed by atoms with van der Waals surface area (Å²) < 4.78 is 0. The molecule has 2 aromatic rings. The fourth-order valence-electron chi connectivity index (χ4n) is 5.30. The Hall–Kier alpha value is -2.72. The number of anilines is 3. The Balaban J connectivity index is 1.09. The molecule has 0 bridgehead atoms. The lowest BCUT2D eigenvalue weighted by Crippen LogP contribution is -2.50. The molecule has 1 aromatic heterocycles. The van der Waals surface area contributed by atoms with Gasteiger partial charge in [0.2, 0.25) is 22.1 Å². The summed E-state index contributed by atoms with van der Waals surface area (Å²) in [5.41, 5.74) is 4.04. The molecule has 4 heterocycles. The number of hydrogen-bond donors (Lipinski definition) is 1. The molecule has 35 heavy (non-hydrogen) atoms. The molecule has 3 aliphatic rings. The molecule has 188 valence electrons. The third-order valence-corrected chi connectivity index (χ3v) is 8.51. The Labute approximate surface area is 211 Å². The number of rotatable bonds is 7. The maximum absolute atomic E-state index is 13.0. The number of aryl methyl sites for hydroxylation is 1. The summed E-state index contributed by atoms with van der Waals surface area (Å²) in [7, 11) is 0. The average molecular weight is 498 g/mol. The van der Waals surface area contributed by atoms with Crippen LogP contribution in [0.3, 0.4) is 0 Å². The molecular formula is C25H35N7O2S. The summed E-state index contributed by atoms with van der Waals surface area (Å²) in [6.45, 7) is 11.4. The Morgan fingerprint density at radius 1 is 1.06 bits per heavy atom. The van der Waals surface area contributed by atoms with Crippen molar-refractivity contribution >= 4 is 39.1 Å². The first kappa shape index (κ1) is 24.0. The average Bonchev–Trinajstić information content (AvgIpc) is 3.61. The van der Waals surface area contributed by atoms with Crippen molar-refractivity contribution in [3.05, 3.63) is 29.3 Å². The minimum absolute atomic E-state index is 0.0607. The maximum atomic E-state index is 13.0. The van der Waals surface area contributed by atoms with Gasteiger partial charge >= 0.3 is 0 Å². The van der Waals surface area contributed by atoms with Crippen LogP contribution >= 0.6 is 11.3 Å². The minimum atomic E-state index is -0.216. The van der Waals surface area contributed by atoms with Crippen molar-refractivity contribution in [3.63, 3.8) is 0 Å². The number of piperazine rings is 1. The molecule has 0 radical (unpaired) electrons. The topological polar surface area (TPSA) is 84.9 Å². The lowest BCUT2D eigenvalue weighted by molar-refractivity contribution is -0.122. The van der Waals surface area contributed by atoms with Crippen molar-refractivity contribution in [3.8, 4) is 0 Å². The Morgan fingerprint density at radius 2 is 1.86 bits per heavy atom. The second kappa shape index (κ2) is 10.5. The zero-order valence-corrected chi connectivity index (χ0v) is 21.5. The summed E-state index contributed by atoms with van der Waals surface area (Å²) in [6, 6.07) is 6.31. The number of hydrogen-bond acceptors (Lipinski definition) is 8. The van der Waals surface area contributed by atoms with Gasteiger partial charge in [0.05, 0.1) is 0 Å². The number of carbonyl (C=O) groups is 2. The monoisotopic (exact) mass is 497 g/mol. The lowest BCUT2D eigenvalue weighted by Gasteiger charge is -2.37. The Morgan fingerprint density at radius 3 is 2.63 bits per heavy atom. The van der Waals surface area contributed by atoms with Crippen molar-refractivity contribution in [1.82, 2.24) is 20.4 Å². The van der Waals surface area contributed by atoms with Gasteiger partial charge in [-0.15, -0.1) is 10.2 Å². The number of aromatic nitrogens is 2. The summed E-state index contributed by atoms with van der Waals surface area (Å²) in [4.78, 5) is 33.7. The third kappa shape index (κ3) is 5.13. The van der Waals surface area contributed by atoms with Crippen molar-refractivity contribution in [2.24, 2.45) is 0 Å². The van der Waals surface area contributed by atoms with E-state index in [0.29, 0.717) is 24.6 Å². The molecule has 1 N–H and O–H groups in total. The van der Waals surface area contributed by atoms with Gasteiger partial charge in [-0.2, -0.15) is 0 Å². The summed E-state index contributed by atoms with van der Waals surface area (Å²) in [5.74, 6) is 0.170. The zero-order chi connectivity index (χ0) is 24.4. The van der Waals surface area contributed by atoms with E-state index in [2.05, 4.69) is 62.3 Å². The van der Waals surface area contributed by atoms with Crippen LogP contribution in [0, 0.1) is 13.8 Å². The first-order valence-corrected chi connectivity index (χ1v) is 13.5. The molecular weight excluding hydrogens is 462 g/mol. The molecule has 1 aromatic carbocycles. The standard InChI is InChI=1S/C25H35N7O2S/c1-18-6-3-7-20(19(18)2)30-16-14-29(15-17-30)13-10-26-23(34)21-8-4-11-31(21)24-27-28-25(35-24)32-12-5-9-22(32)33/h3,6-7,21H,4-5,8-17H2,1-2H3,(H,26,34). The first-order chi connectivity index (χ1) is 17.0. The molecule has 3 aliphatic heterocycles. The van der Waals surface area contributed by atoms with E-state index in [-0.39, 0.29) is 17.9 Å². The van der Waals surface area contributed by atoms with E-state index in [1.807, 2.05) is 0 Å². The first-order valence-electron chi connectivity index (χ1n) is 12.7. The highest BCUT2D eigenvalue weighted by atomic mass is 32.1. The lowest BCUT2D eigenvalue weighted by atomic mass is 10.1. The molecule has 0 spiro atoms. The number of benzene rings is 1. The maximum Gasteiger partial charge on any atom is 0.242 e. The predicted octanol–water partition coefficient (Wildman–Crippen LogP) is 2.19. The summed E-state index contributed by atoms with van der Waals surface area (Å²) >= 11 is 1.41. The third-order valence-electron chi connectivity index (χ3n) is 7.53. The van der Waals surface area contributed by atoms with Crippen LogP contribution in [0.15, 0.2) is 18.2 Å². The number of carbonyl (C=O) groups excluding carboxylic acids is 2. The quantitative estimate of drug-likeness (QED) is 0.628. The second-order valence-corrected chi connectivity index (χ2v) is 10.6. The molecule has 0 saturated carbocycles. The molecule has 1 unspecified atom stereocenters. The van der Waals surface area contributed by atoms with Crippen LogP contribution in [0.4, 0.5) is 16.0 Å². The highest BCUT2D eigenvalue weighted by Crippen LogP contribution is 2.33. The van der Waals surface area contributed by atoms with Gasteiger partial charge in [-0.1, -0.05) is 23.5 Å². The van der Waals surface area contributed by atoms with Crippen LogP contribution in [-0.4, -0.2) is 85.3 Å². The van der Waals surface area contributed by atoms with Gasteiger partial charge in [0.15, 0.2) is 0 Å². The molecule has 5 rings (SSSR count). The molecule has 9 nitrogen and oxygen atoms in total. The van der Waals surface area contributed by atoms with Gasteiger partial charge in [-0.05, 0) is 50.3 Å². The van der Waals surface area contributed by atoms with Gasteiger partial charge in [0.25, 0.3) is 0 Å². The zero-order valence-electron chi connectivity index (χ0n) is 20.7. The van der Waals surface area contributed by atoms with Crippen molar-refractivity contribution in [2.75, 3.05) is 67.1 Å². The summed E-state index contributed by atoms with van der Waals surface area (Å²) in [6.07, 6.45) is 3.21. The van der Waals surface area contributed by atoms with Crippen molar-refractivity contribution in [1.29, 1.82) is 0 Å². The van der Waals surface area contributed by atoms with Crippen LogP contribution in [0.25, 0.3) is 0 Å². The molecule has 10 heteroatoms. The van der Waals surface area contributed by atoms with Gasteiger partial charge < -0.3 is 15.1 Å². The highest BCUT2D eigenvalue weighted by molar-refractivity contribution is 7.19. The van der Waals surface area contributed by atoms with E-state index in [4.69, 9.17) is 0 Å². The minimum Gasteiger partial charge on any atom is -0.369 e. The normalized spacial score (nSPS) is 21.3. The fraction of sp³-hybridized carbons (Fsp3) is 0.600. The van der Waals surface area contributed by atoms with Crippen LogP contribution < -0.4 is 20.0 Å². The van der Waals surface area contributed by atoms with Crippen LogP contribution in [0.5, 0.6) is 0 Å². The molecule has 1 atom stereocenters. The molecule has 2 amide bonds. The number of nitrogens with zero attached hydrogens (tertiary/aromatic N) is 6. The van der Waals surface area contributed by atoms with Gasteiger partial charge in [0.1, 0.15) is 6.04 Å². The molecule has 3 saturated heterocycles. The SMILES string of the molecule is Cc1cccc(N2CCN(CCNC(=O)C3CCCN3c3nnc(N4CCCC4=O)s3)CC2)c1C. The molecule has 3 fully saturated rings. The molecule has 0 aliphatic carbocycles. The van der Waals surface area contributed by atoms with E-state index >= 15 is 0 Å². The van der Waals surface area contributed by atoms with Crippen LogP contribution in [0.2, 0.25) is 0 Å². The number of amides is 2. The van der Waals surface area contributed by atoms with Gasteiger partial charge in [0, 0.05) is 64.5 Å². The Bertz CT molecular complexity index is 1070. The van der Waals surface area contributed by atoms with Gasteiger partial charge in [-0.3, -0.25) is 19.4 Å². The van der Waals surface area contributed by atoms with Crippen molar-refractivity contribution in [2.45, 2.75) is 45.6 Å². The van der Waals surface area contributed by atoms with Crippen molar-refractivity contribution < 1.29 is 9.59 Å². The smallest absolute Gasteiger partial charge is 0.242 e. The van der Waals surface area contributed by atoms with Crippen LogP contribution in [0.1, 0.15) is 36.8 Å². The van der Waals surface area contributed by atoms with E-state index < -0.39 is 0 Å². The number of nitrogens with one attached hydrogen (secondary N) is 1. The highest BCUT2D eigenvalue weighted by Gasteiger charge is 2.34. The van der Waals surface area contributed by atoms with E-state index in [0.717, 1.165) is 63.7 Å². The largest absolute Gasteiger partial charge is 0.369 e. The van der Waals surface area contributed by atoms with E-state index in [9.17, 15) is 9.59 Å². The Kier molecular flexibility index (Phi) is 7.19. The van der Waals surface area contributed by atoms with Crippen LogP contribution in [-0.2, 0) is 9.59 Å². The second-order valence-electron chi connectivity index (χ2n) is 9.71. The van der Waals surface area contributed by atoms with Gasteiger partial charge in [-0.25, -0.2) is 0 Å².